The van der Waals surface area contributed by atoms with E-state index in [1.54, 1.807) is 0 Å². The quantitative estimate of drug-likeness (QED) is 0.565. The van der Waals surface area contributed by atoms with Crippen LogP contribution in [0.4, 0.5) is 0 Å². The Balaban J connectivity index is 3.35. The Morgan fingerprint density at radius 1 is 1.20 bits per heavy atom. The van der Waals surface area contributed by atoms with Crippen molar-refractivity contribution in [2.75, 3.05) is 26.3 Å². The fourth-order valence-corrected chi connectivity index (χ4v) is 1.50. The molecule has 0 aromatic rings. The third kappa shape index (κ3) is 10.2. The Bertz CT molecular complexity index is 126. The summed E-state index contributed by atoms with van der Waals surface area (Å²) in [7, 11) is 0. The maximum Gasteiger partial charge on any atom is 0.0488 e. The van der Waals surface area contributed by atoms with Crippen LogP contribution in [0.25, 0.3) is 0 Å². The molecule has 0 rings (SSSR count). The van der Waals surface area contributed by atoms with Gasteiger partial charge in [-0.1, -0.05) is 34.1 Å². The highest BCUT2D eigenvalue weighted by Gasteiger charge is 2.05. The van der Waals surface area contributed by atoms with Crippen molar-refractivity contribution in [3.63, 3.8) is 0 Å². The van der Waals surface area contributed by atoms with E-state index in [1.807, 2.05) is 0 Å². The van der Waals surface area contributed by atoms with Gasteiger partial charge in [0.05, 0.1) is 0 Å². The SMILES string of the molecule is CCCNCC(CC)CCOCC(C)C. The average Bonchev–Trinajstić information content (AvgIpc) is 2.21. The van der Waals surface area contributed by atoms with Crippen molar-refractivity contribution in [1.82, 2.24) is 5.32 Å². The van der Waals surface area contributed by atoms with Crippen LogP contribution in [0.15, 0.2) is 0 Å². The van der Waals surface area contributed by atoms with Gasteiger partial charge in [0, 0.05) is 13.2 Å². The second kappa shape index (κ2) is 10.4. The van der Waals surface area contributed by atoms with E-state index in [1.165, 1.54) is 19.3 Å². The number of hydrogen-bond donors (Lipinski definition) is 1. The van der Waals surface area contributed by atoms with Gasteiger partial charge in [0.15, 0.2) is 0 Å². The first-order chi connectivity index (χ1) is 7.20. The van der Waals surface area contributed by atoms with Gasteiger partial charge >= 0.3 is 0 Å². The van der Waals surface area contributed by atoms with Crippen LogP contribution in [0.2, 0.25) is 0 Å². The minimum absolute atomic E-state index is 0.656. The van der Waals surface area contributed by atoms with Crippen molar-refractivity contribution < 1.29 is 4.74 Å². The fourth-order valence-electron chi connectivity index (χ4n) is 1.50. The van der Waals surface area contributed by atoms with Crippen LogP contribution in [-0.4, -0.2) is 26.3 Å². The van der Waals surface area contributed by atoms with Crippen LogP contribution >= 0.6 is 0 Å². The molecule has 2 nitrogen and oxygen atoms in total. The smallest absolute Gasteiger partial charge is 0.0488 e. The van der Waals surface area contributed by atoms with Crippen molar-refractivity contribution in [3.8, 4) is 0 Å². The van der Waals surface area contributed by atoms with Crippen LogP contribution in [0.5, 0.6) is 0 Å². The van der Waals surface area contributed by atoms with Gasteiger partial charge < -0.3 is 10.1 Å². The molecule has 1 N–H and O–H groups in total. The summed E-state index contributed by atoms with van der Waals surface area (Å²) in [6.07, 6.45) is 3.67. The maximum atomic E-state index is 5.61. The van der Waals surface area contributed by atoms with Crippen molar-refractivity contribution in [2.45, 2.75) is 47.0 Å². The van der Waals surface area contributed by atoms with Crippen LogP contribution in [-0.2, 0) is 4.74 Å². The van der Waals surface area contributed by atoms with Crippen molar-refractivity contribution in [1.29, 1.82) is 0 Å². The zero-order valence-corrected chi connectivity index (χ0v) is 11.0. The standard InChI is InChI=1S/C13H29NO/c1-5-8-14-10-13(6-2)7-9-15-11-12(3)4/h12-14H,5-11H2,1-4H3. The molecule has 0 bridgehead atoms. The monoisotopic (exact) mass is 215 g/mol. The summed E-state index contributed by atoms with van der Waals surface area (Å²) in [6.45, 7) is 13.0. The highest BCUT2D eigenvalue weighted by molar-refractivity contribution is 4.60. The van der Waals surface area contributed by atoms with Crippen molar-refractivity contribution in [3.05, 3.63) is 0 Å². The summed E-state index contributed by atoms with van der Waals surface area (Å²) in [5, 5.41) is 3.48. The molecule has 0 saturated heterocycles. The lowest BCUT2D eigenvalue weighted by Gasteiger charge is -2.16. The summed E-state index contributed by atoms with van der Waals surface area (Å²) < 4.78 is 5.61. The topological polar surface area (TPSA) is 21.3 Å². The molecule has 1 atom stereocenters. The molecule has 0 saturated carbocycles. The van der Waals surface area contributed by atoms with Gasteiger partial charge in [-0.2, -0.15) is 0 Å². The van der Waals surface area contributed by atoms with Gasteiger partial charge in [0.1, 0.15) is 0 Å². The van der Waals surface area contributed by atoms with E-state index < -0.39 is 0 Å². The van der Waals surface area contributed by atoms with E-state index in [2.05, 4.69) is 33.0 Å². The van der Waals surface area contributed by atoms with Gasteiger partial charge in [0.2, 0.25) is 0 Å². The van der Waals surface area contributed by atoms with Crippen LogP contribution in [0.1, 0.15) is 47.0 Å². The predicted octanol–water partition coefficient (Wildman–Crippen LogP) is 3.07. The van der Waals surface area contributed by atoms with E-state index >= 15 is 0 Å². The predicted molar refractivity (Wildman–Crippen MR) is 67.2 cm³/mol. The molecule has 0 aliphatic heterocycles. The number of hydrogen-bond acceptors (Lipinski definition) is 2. The van der Waals surface area contributed by atoms with Gasteiger partial charge in [-0.3, -0.25) is 0 Å². The van der Waals surface area contributed by atoms with E-state index in [4.69, 9.17) is 4.74 Å². The third-order valence-electron chi connectivity index (χ3n) is 2.56. The molecule has 92 valence electrons. The number of ether oxygens (including phenoxy) is 1. The highest BCUT2D eigenvalue weighted by Crippen LogP contribution is 2.07. The largest absolute Gasteiger partial charge is 0.381 e. The Morgan fingerprint density at radius 2 is 1.93 bits per heavy atom. The van der Waals surface area contributed by atoms with Crippen LogP contribution < -0.4 is 5.32 Å². The Labute approximate surface area is 95.8 Å². The minimum Gasteiger partial charge on any atom is -0.381 e. The summed E-state index contributed by atoms with van der Waals surface area (Å²) in [6, 6.07) is 0. The van der Waals surface area contributed by atoms with Crippen LogP contribution in [0.3, 0.4) is 0 Å². The molecule has 0 spiro atoms. The zero-order valence-electron chi connectivity index (χ0n) is 11.0. The summed E-state index contributed by atoms with van der Waals surface area (Å²) in [5.74, 6) is 1.44. The molecule has 0 amide bonds. The van der Waals surface area contributed by atoms with Gasteiger partial charge in [-0.05, 0) is 37.8 Å². The van der Waals surface area contributed by atoms with Crippen molar-refractivity contribution >= 4 is 0 Å². The molecule has 0 heterocycles. The summed E-state index contributed by atoms with van der Waals surface area (Å²) in [5.41, 5.74) is 0. The summed E-state index contributed by atoms with van der Waals surface area (Å²) >= 11 is 0. The molecule has 2 heteroatoms. The molecule has 0 fully saturated rings. The second-order valence-corrected chi connectivity index (χ2v) is 4.74. The Morgan fingerprint density at radius 3 is 2.47 bits per heavy atom. The molecule has 0 aliphatic rings. The van der Waals surface area contributed by atoms with Gasteiger partial charge in [-0.25, -0.2) is 0 Å². The third-order valence-corrected chi connectivity index (χ3v) is 2.56. The molecular weight excluding hydrogens is 186 g/mol. The first-order valence-electron chi connectivity index (χ1n) is 6.49. The van der Waals surface area contributed by atoms with E-state index in [0.29, 0.717) is 5.92 Å². The lowest BCUT2D eigenvalue weighted by Crippen LogP contribution is -2.24. The molecule has 1 unspecified atom stereocenters. The molecule has 15 heavy (non-hydrogen) atoms. The molecular formula is C13H29NO. The molecule has 0 radical (unpaired) electrons. The second-order valence-electron chi connectivity index (χ2n) is 4.74. The Kier molecular flexibility index (Phi) is 10.4. The van der Waals surface area contributed by atoms with E-state index in [-0.39, 0.29) is 0 Å². The van der Waals surface area contributed by atoms with E-state index in [0.717, 1.165) is 32.2 Å². The van der Waals surface area contributed by atoms with E-state index in [9.17, 15) is 0 Å². The lowest BCUT2D eigenvalue weighted by atomic mass is 10.0. The Hall–Kier alpha value is -0.0800. The number of rotatable bonds is 10. The average molecular weight is 215 g/mol. The maximum absolute atomic E-state index is 5.61. The first kappa shape index (κ1) is 14.9. The molecule has 0 aromatic heterocycles. The fraction of sp³-hybridized carbons (Fsp3) is 1.00. The first-order valence-corrected chi connectivity index (χ1v) is 6.49. The van der Waals surface area contributed by atoms with Gasteiger partial charge in [0.25, 0.3) is 0 Å². The normalized spacial score (nSPS) is 13.4. The molecule has 0 aromatic carbocycles. The lowest BCUT2D eigenvalue weighted by molar-refractivity contribution is 0.0972. The van der Waals surface area contributed by atoms with Crippen molar-refractivity contribution in [2.24, 2.45) is 11.8 Å². The summed E-state index contributed by atoms with van der Waals surface area (Å²) in [4.78, 5) is 0. The number of nitrogens with one attached hydrogen (secondary N) is 1. The highest BCUT2D eigenvalue weighted by atomic mass is 16.5. The van der Waals surface area contributed by atoms with Gasteiger partial charge in [-0.15, -0.1) is 0 Å². The molecule has 0 aliphatic carbocycles. The zero-order chi connectivity index (χ0) is 11.5. The van der Waals surface area contributed by atoms with Crippen LogP contribution in [0, 0.1) is 11.8 Å². The minimum atomic E-state index is 0.656.